The second-order valence-corrected chi connectivity index (χ2v) is 11.4. The molecular weight excluding hydrogens is 606 g/mol. The van der Waals surface area contributed by atoms with Crippen LogP contribution in [0.25, 0.3) is 0 Å². The fourth-order valence-electron chi connectivity index (χ4n) is 4.64. The average Bonchev–Trinajstić information content (AvgIpc) is 3.40. The first-order chi connectivity index (χ1) is 21.5. The normalized spacial score (nSPS) is 16.7. The third-order valence-electron chi connectivity index (χ3n) is 7.01. The summed E-state index contributed by atoms with van der Waals surface area (Å²) < 4.78 is 0. The molecule has 1 aliphatic heterocycles. The van der Waals surface area contributed by atoms with Crippen molar-refractivity contribution in [1.82, 2.24) is 26.6 Å². The number of benzene rings is 1. The average molecular weight is 648 g/mol. The number of phenolic OH excluding ortho intramolecular Hbond substituents is 1. The molecule has 1 aliphatic rings. The van der Waals surface area contributed by atoms with E-state index in [9.17, 15) is 48.6 Å². The van der Waals surface area contributed by atoms with Crippen LogP contribution in [0, 0.1) is 5.92 Å². The van der Waals surface area contributed by atoms with Crippen LogP contribution < -0.4 is 38.1 Å². The van der Waals surface area contributed by atoms with Crippen molar-refractivity contribution in [1.29, 1.82) is 0 Å². The molecule has 0 radical (unpaired) electrons. The van der Waals surface area contributed by atoms with Crippen molar-refractivity contribution in [3.8, 4) is 5.75 Å². The Kier molecular flexibility index (Phi) is 13.9. The molecule has 1 saturated heterocycles. The van der Waals surface area contributed by atoms with Gasteiger partial charge in [0.05, 0.1) is 6.42 Å². The third kappa shape index (κ3) is 12.4. The number of aromatic hydroxyl groups is 1. The minimum Gasteiger partial charge on any atom is -0.508 e. The first kappa shape index (κ1) is 37.0. The van der Waals surface area contributed by atoms with Gasteiger partial charge in [0.25, 0.3) is 0 Å². The highest BCUT2D eigenvalue weighted by Gasteiger charge is 2.34. The molecule has 0 spiro atoms. The Hall–Kier alpha value is -5.22. The van der Waals surface area contributed by atoms with E-state index in [1.54, 1.807) is 0 Å². The summed E-state index contributed by atoms with van der Waals surface area (Å²) in [5, 5.41) is 31.2. The zero-order chi connectivity index (χ0) is 34.6. The quantitative estimate of drug-likeness (QED) is 0.0802. The molecule has 2 rings (SSSR count). The van der Waals surface area contributed by atoms with Gasteiger partial charge < -0.3 is 48.3 Å². The van der Waals surface area contributed by atoms with Gasteiger partial charge in [0.1, 0.15) is 36.0 Å². The molecule has 1 aromatic carbocycles. The number of rotatable bonds is 18. The first-order valence-electron chi connectivity index (χ1n) is 14.6. The van der Waals surface area contributed by atoms with Gasteiger partial charge in [-0.3, -0.25) is 38.4 Å². The molecule has 1 fully saturated rings. The second-order valence-electron chi connectivity index (χ2n) is 11.4. The molecule has 46 heavy (non-hydrogen) atoms. The van der Waals surface area contributed by atoms with Gasteiger partial charge in [-0.15, -0.1) is 0 Å². The minimum atomic E-state index is -1.55. The van der Waals surface area contributed by atoms with Gasteiger partial charge in [0.15, 0.2) is 0 Å². The lowest BCUT2D eigenvalue weighted by Gasteiger charge is -2.27. The summed E-state index contributed by atoms with van der Waals surface area (Å²) in [5.74, 6) is -7.05. The van der Waals surface area contributed by atoms with Crippen molar-refractivity contribution in [2.75, 3.05) is 0 Å². The molecule has 1 heterocycles. The number of amides is 7. The van der Waals surface area contributed by atoms with E-state index < -0.39 is 90.9 Å². The van der Waals surface area contributed by atoms with E-state index in [2.05, 4.69) is 26.6 Å². The highest BCUT2D eigenvalue weighted by Crippen LogP contribution is 2.14. The summed E-state index contributed by atoms with van der Waals surface area (Å²) in [6.07, 6.45) is -1.23. The number of carboxylic acids is 1. The molecule has 5 atom stereocenters. The number of nitrogens with one attached hydrogen (secondary N) is 5. The molecule has 7 amide bonds. The molecule has 17 heteroatoms. The fraction of sp³-hybridized carbons (Fsp3) is 0.517. The topological polar surface area (TPSA) is 289 Å². The maximum atomic E-state index is 13.6. The molecule has 0 bridgehead atoms. The number of hydrogen-bond donors (Lipinski definition) is 9. The first-order valence-corrected chi connectivity index (χ1v) is 14.6. The summed E-state index contributed by atoms with van der Waals surface area (Å²) >= 11 is 0. The molecule has 11 N–H and O–H groups in total. The molecule has 1 aromatic rings. The van der Waals surface area contributed by atoms with Crippen molar-refractivity contribution in [2.24, 2.45) is 17.4 Å². The number of primary amides is 2. The van der Waals surface area contributed by atoms with Crippen LogP contribution in [0.1, 0.15) is 57.9 Å². The number of hydrogen-bond acceptors (Lipinski definition) is 9. The van der Waals surface area contributed by atoms with Crippen LogP contribution in [0.3, 0.4) is 0 Å². The van der Waals surface area contributed by atoms with Crippen LogP contribution in [0.2, 0.25) is 0 Å². The number of carbonyl (C=O) groups is 8. The van der Waals surface area contributed by atoms with Crippen LogP contribution in [-0.4, -0.2) is 87.7 Å². The number of aliphatic carboxylic acids is 1. The summed E-state index contributed by atoms with van der Waals surface area (Å²) in [4.78, 5) is 99.0. The Balaban J connectivity index is 2.33. The number of carbonyl (C=O) groups excluding carboxylic acids is 7. The maximum absolute atomic E-state index is 13.6. The van der Waals surface area contributed by atoms with Crippen molar-refractivity contribution in [2.45, 2.75) is 89.0 Å². The lowest BCUT2D eigenvalue weighted by Crippen LogP contribution is -2.59. The van der Waals surface area contributed by atoms with Crippen molar-refractivity contribution < 1.29 is 48.6 Å². The van der Waals surface area contributed by atoms with Gasteiger partial charge in [0.2, 0.25) is 41.4 Å². The lowest BCUT2D eigenvalue weighted by atomic mass is 10.00. The van der Waals surface area contributed by atoms with Gasteiger partial charge in [-0.1, -0.05) is 26.0 Å². The van der Waals surface area contributed by atoms with Gasteiger partial charge in [-0.2, -0.15) is 0 Å². The Morgan fingerprint density at radius 2 is 1.43 bits per heavy atom. The Morgan fingerprint density at radius 1 is 0.870 bits per heavy atom. The van der Waals surface area contributed by atoms with Crippen molar-refractivity contribution >= 4 is 47.3 Å². The molecule has 0 unspecified atom stereocenters. The van der Waals surface area contributed by atoms with E-state index in [0.29, 0.717) is 5.56 Å². The number of carboxylic acid groups (broad SMARTS) is 1. The van der Waals surface area contributed by atoms with E-state index in [0.717, 1.165) is 0 Å². The van der Waals surface area contributed by atoms with Crippen LogP contribution >= 0.6 is 0 Å². The summed E-state index contributed by atoms with van der Waals surface area (Å²) in [5.41, 5.74) is 10.8. The van der Waals surface area contributed by atoms with Gasteiger partial charge >= 0.3 is 5.97 Å². The highest BCUT2D eigenvalue weighted by molar-refractivity contribution is 5.97. The van der Waals surface area contributed by atoms with E-state index in [4.69, 9.17) is 11.5 Å². The van der Waals surface area contributed by atoms with E-state index >= 15 is 0 Å². The fourth-order valence-corrected chi connectivity index (χ4v) is 4.64. The second kappa shape index (κ2) is 17.3. The van der Waals surface area contributed by atoms with Gasteiger partial charge in [-0.05, 0) is 42.9 Å². The summed E-state index contributed by atoms with van der Waals surface area (Å²) in [6.45, 7) is 3.63. The summed E-state index contributed by atoms with van der Waals surface area (Å²) in [7, 11) is 0. The van der Waals surface area contributed by atoms with Gasteiger partial charge in [-0.25, -0.2) is 0 Å². The van der Waals surface area contributed by atoms with Crippen LogP contribution in [0.15, 0.2) is 24.3 Å². The molecule has 0 saturated carbocycles. The van der Waals surface area contributed by atoms with E-state index in [1.165, 1.54) is 24.3 Å². The minimum absolute atomic E-state index is 0.0575. The predicted molar refractivity (Wildman–Crippen MR) is 160 cm³/mol. The molecule has 0 aliphatic carbocycles. The van der Waals surface area contributed by atoms with Crippen LogP contribution in [0.5, 0.6) is 5.75 Å². The standard InChI is InChI=1S/C29H41N7O10/c1-14(2)11-20(35-26(43)17-7-9-23(39)32-17)28(45)36-21(12-15-3-5-16(37)6-4-15)29(46)33-18(8-10-24(40)41)27(44)34-19(25(31)42)13-22(30)38/h3-6,14,17-21,37H,7-13H2,1-2H3,(H2,30,38)(H2,31,42)(H,32,39)(H,33,46)(H,34,44)(H,35,43)(H,36,45)(H,40,41)/t17-,18-,19-,20-,21-/m0/s1. The molecule has 252 valence electrons. The number of phenols is 1. The molecule has 0 aromatic heterocycles. The molecule has 17 nitrogen and oxygen atoms in total. The maximum Gasteiger partial charge on any atom is 0.303 e. The van der Waals surface area contributed by atoms with Crippen molar-refractivity contribution in [3.63, 3.8) is 0 Å². The zero-order valence-corrected chi connectivity index (χ0v) is 25.5. The number of nitrogens with two attached hydrogens (primary N) is 2. The van der Waals surface area contributed by atoms with E-state index in [-0.39, 0.29) is 43.3 Å². The third-order valence-corrected chi connectivity index (χ3v) is 7.01. The monoisotopic (exact) mass is 647 g/mol. The Bertz CT molecular complexity index is 1320. The van der Waals surface area contributed by atoms with Gasteiger partial charge in [0, 0.05) is 19.3 Å². The Morgan fingerprint density at radius 3 is 1.96 bits per heavy atom. The van der Waals surface area contributed by atoms with Crippen LogP contribution in [-0.2, 0) is 44.8 Å². The van der Waals surface area contributed by atoms with E-state index in [1.807, 2.05) is 13.8 Å². The largest absolute Gasteiger partial charge is 0.508 e. The molecular formula is C29H41N7O10. The Labute approximate surface area is 264 Å². The lowest BCUT2D eigenvalue weighted by molar-refractivity contribution is -0.138. The predicted octanol–water partition coefficient (Wildman–Crippen LogP) is -2.58. The van der Waals surface area contributed by atoms with Crippen LogP contribution in [0.4, 0.5) is 0 Å². The SMILES string of the molecule is CC(C)C[C@H](NC(=O)[C@@H]1CCC(=O)N1)C(=O)N[C@@H](Cc1ccc(O)cc1)C(=O)N[C@@H](CCC(=O)O)C(=O)N[C@@H](CC(N)=O)C(N)=O. The zero-order valence-electron chi connectivity index (χ0n) is 25.5. The summed E-state index contributed by atoms with van der Waals surface area (Å²) in [6, 6.07) is -0.698. The smallest absolute Gasteiger partial charge is 0.303 e. The highest BCUT2D eigenvalue weighted by atomic mass is 16.4. The van der Waals surface area contributed by atoms with Crippen molar-refractivity contribution in [3.05, 3.63) is 29.8 Å².